The number of para-hydroxylation sites is 1. The second-order valence-corrected chi connectivity index (χ2v) is 12.3. The molecule has 0 spiro atoms. The highest BCUT2D eigenvalue weighted by atomic mass is 32.2. The maximum Gasteiger partial charge on any atom is 0.238 e. The van der Waals surface area contributed by atoms with Crippen LogP contribution in [0.4, 0.5) is 11.4 Å². The Morgan fingerprint density at radius 3 is 2.32 bits per heavy atom. The van der Waals surface area contributed by atoms with Crippen molar-refractivity contribution in [3.05, 3.63) is 136 Å². The molecule has 3 aromatic rings. The van der Waals surface area contributed by atoms with Crippen LogP contribution < -0.4 is 20.5 Å². The van der Waals surface area contributed by atoms with Crippen LogP contribution in [0.25, 0.3) is 5.57 Å². The van der Waals surface area contributed by atoms with E-state index in [9.17, 15) is 8.42 Å². The van der Waals surface area contributed by atoms with Crippen LogP contribution in [0.3, 0.4) is 0 Å². The number of allylic oxidation sites excluding steroid dienone is 3. The molecule has 41 heavy (non-hydrogen) atoms. The lowest BCUT2D eigenvalue weighted by Gasteiger charge is -2.30. The van der Waals surface area contributed by atoms with Gasteiger partial charge in [-0.3, -0.25) is 0 Å². The van der Waals surface area contributed by atoms with E-state index >= 15 is 0 Å². The topological polar surface area (TPSA) is 93.5 Å². The van der Waals surface area contributed by atoms with E-state index < -0.39 is 10.0 Å². The standard InChI is InChI=1S/C34H35N3O3S/c1-20(2)33(21(3)4)36-24-14-16-26-29(18-24)40-30-19-25(37-34-22(5)10-9-11-23(34)6)15-17-27(30)32(26)28-12-7-8-13-31(28)41(35,38)39/h7-19,24,36-37H,1H2,2-6H3,(H2,35,38,39). The van der Waals surface area contributed by atoms with E-state index in [1.54, 1.807) is 18.2 Å². The molecule has 1 unspecified atom stereocenters. The number of anilines is 2. The number of sulfonamides is 1. The summed E-state index contributed by atoms with van der Waals surface area (Å²) >= 11 is 0. The van der Waals surface area contributed by atoms with E-state index in [1.807, 2.05) is 69.3 Å². The molecule has 0 saturated carbocycles. The number of nitrogens with one attached hydrogen (secondary N) is 2. The van der Waals surface area contributed by atoms with Crippen molar-refractivity contribution in [3.63, 3.8) is 0 Å². The van der Waals surface area contributed by atoms with E-state index in [2.05, 4.69) is 43.2 Å². The van der Waals surface area contributed by atoms with Gasteiger partial charge in [-0.05, 0) is 75.6 Å². The zero-order valence-corrected chi connectivity index (χ0v) is 24.8. The summed E-state index contributed by atoms with van der Waals surface area (Å²) in [6.45, 7) is 14.3. The third-order valence-electron chi connectivity index (χ3n) is 7.26. The Labute approximate surface area is 242 Å². The maximum absolute atomic E-state index is 12.6. The molecule has 2 aliphatic rings. The lowest BCUT2D eigenvalue weighted by Crippen LogP contribution is -2.29. The number of nitrogens with two attached hydrogens (primary N) is 1. The average molecular weight is 566 g/mol. The summed E-state index contributed by atoms with van der Waals surface area (Å²) in [6.07, 6.45) is 6.03. The molecule has 5 rings (SSSR count). The summed E-state index contributed by atoms with van der Waals surface area (Å²) < 4.78 is 31.8. The maximum atomic E-state index is 12.6. The number of hydrogen-bond donors (Lipinski definition) is 3. The molecule has 0 fully saturated rings. The molecule has 1 heterocycles. The van der Waals surface area contributed by atoms with Crippen molar-refractivity contribution in [1.82, 2.24) is 5.32 Å². The molecule has 1 aliphatic heterocycles. The molecule has 7 heteroatoms. The molecule has 6 nitrogen and oxygen atoms in total. The molecule has 4 N–H and O–H groups in total. The number of benzene rings is 3. The summed E-state index contributed by atoms with van der Waals surface area (Å²) in [6, 6.07) is 18.7. The highest BCUT2D eigenvalue weighted by molar-refractivity contribution is 7.89. The number of rotatable bonds is 7. The van der Waals surface area contributed by atoms with E-state index in [0.717, 1.165) is 56.1 Å². The van der Waals surface area contributed by atoms with Crippen molar-refractivity contribution in [3.8, 4) is 5.75 Å². The Morgan fingerprint density at radius 2 is 1.66 bits per heavy atom. The van der Waals surface area contributed by atoms with Gasteiger partial charge in [0, 0.05) is 45.4 Å². The van der Waals surface area contributed by atoms with Crippen LogP contribution in [0.15, 0.2) is 119 Å². The minimum absolute atomic E-state index is 0.0650. The van der Waals surface area contributed by atoms with Gasteiger partial charge >= 0.3 is 0 Å². The Morgan fingerprint density at radius 1 is 0.951 bits per heavy atom. The molecule has 3 aromatic carbocycles. The van der Waals surface area contributed by atoms with Crippen molar-refractivity contribution < 1.29 is 13.2 Å². The molecule has 1 aliphatic carbocycles. The van der Waals surface area contributed by atoms with Gasteiger partial charge < -0.3 is 15.4 Å². The fraction of sp³-hybridized carbons (Fsp3) is 0.176. The Bertz CT molecular complexity index is 1790. The van der Waals surface area contributed by atoms with Gasteiger partial charge in [0.2, 0.25) is 10.0 Å². The van der Waals surface area contributed by atoms with Crippen LogP contribution in [0.2, 0.25) is 0 Å². The zero-order valence-electron chi connectivity index (χ0n) is 24.0. The second kappa shape index (κ2) is 10.9. The normalized spacial score (nSPS) is 15.8. The van der Waals surface area contributed by atoms with Gasteiger partial charge in [0.25, 0.3) is 0 Å². The van der Waals surface area contributed by atoms with Gasteiger partial charge in [0.1, 0.15) is 11.5 Å². The SMILES string of the molecule is C=C(C)C(NC1C=CC2=C(c3ccccc3S(N)(=O)=O)c3ccc(Nc4c(C)cccc4C)cc3OC2=C1)=C(C)C. The number of fused-ring (bicyclic) bond motifs is 2. The van der Waals surface area contributed by atoms with Crippen LogP contribution in [0.5, 0.6) is 5.75 Å². The Balaban J connectivity index is 1.66. The summed E-state index contributed by atoms with van der Waals surface area (Å²) in [5.74, 6) is 1.25. The van der Waals surface area contributed by atoms with E-state index in [1.165, 1.54) is 0 Å². The van der Waals surface area contributed by atoms with Crippen molar-refractivity contribution in [2.45, 2.75) is 45.6 Å². The summed E-state index contributed by atoms with van der Waals surface area (Å²) in [5.41, 5.74) is 10.1. The zero-order chi connectivity index (χ0) is 29.5. The molecule has 0 radical (unpaired) electrons. The monoisotopic (exact) mass is 565 g/mol. The molecule has 0 bridgehead atoms. The minimum Gasteiger partial charge on any atom is -0.456 e. The van der Waals surface area contributed by atoms with Crippen LogP contribution in [-0.4, -0.2) is 14.5 Å². The first-order valence-corrected chi connectivity index (χ1v) is 15.0. The van der Waals surface area contributed by atoms with Gasteiger partial charge in [0.05, 0.1) is 10.9 Å². The fourth-order valence-corrected chi connectivity index (χ4v) is 6.10. The van der Waals surface area contributed by atoms with E-state index in [-0.39, 0.29) is 10.9 Å². The number of aryl methyl sites for hydroxylation is 2. The van der Waals surface area contributed by atoms with Crippen LogP contribution in [0.1, 0.15) is 43.0 Å². The van der Waals surface area contributed by atoms with Gasteiger partial charge in [-0.15, -0.1) is 0 Å². The molecular weight excluding hydrogens is 530 g/mol. The largest absolute Gasteiger partial charge is 0.456 e. The fourth-order valence-electron chi connectivity index (χ4n) is 5.36. The number of ether oxygens (including phenoxy) is 1. The first-order chi connectivity index (χ1) is 19.4. The van der Waals surface area contributed by atoms with Crippen LogP contribution >= 0.6 is 0 Å². The van der Waals surface area contributed by atoms with E-state index in [0.29, 0.717) is 17.1 Å². The van der Waals surface area contributed by atoms with Crippen LogP contribution in [0, 0.1) is 13.8 Å². The van der Waals surface area contributed by atoms with Gasteiger partial charge in [0.15, 0.2) is 0 Å². The third-order valence-corrected chi connectivity index (χ3v) is 8.23. The van der Waals surface area contributed by atoms with Crippen LogP contribution in [-0.2, 0) is 10.0 Å². The number of primary sulfonamides is 1. The second-order valence-electron chi connectivity index (χ2n) is 10.8. The molecular formula is C34H35N3O3S. The van der Waals surface area contributed by atoms with Gasteiger partial charge in [-0.1, -0.05) is 60.7 Å². The van der Waals surface area contributed by atoms with Crippen molar-refractivity contribution in [2.75, 3.05) is 5.32 Å². The Kier molecular flexibility index (Phi) is 7.51. The first kappa shape index (κ1) is 28.2. The number of hydrogen-bond acceptors (Lipinski definition) is 5. The van der Waals surface area contributed by atoms with Gasteiger partial charge in [-0.25, -0.2) is 13.6 Å². The molecule has 1 atom stereocenters. The van der Waals surface area contributed by atoms with Crippen molar-refractivity contribution in [2.24, 2.45) is 5.14 Å². The minimum atomic E-state index is -3.99. The molecule has 0 saturated heterocycles. The van der Waals surface area contributed by atoms with E-state index in [4.69, 9.17) is 9.88 Å². The lowest BCUT2D eigenvalue weighted by molar-refractivity contribution is 0.426. The van der Waals surface area contributed by atoms with Gasteiger partial charge in [-0.2, -0.15) is 0 Å². The average Bonchev–Trinajstić information content (AvgIpc) is 2.91. The lowest BCUT2D eigenvalue weighted by atomic mass is 9.87. The summed E-state index contributed by atoms with van der Waals surface area (Å²) in [7, 11) is -3.99. The van der Waals surface area contributed by atoms with Crippen molar-refractivity contribution >= 4 is 27.0 Å². The summed E-state index contributed by atoms with van der Waals surface area (Å²) in [4.78, 5) is 0.0650. The highest BCUT2D eigenvalue weighted by Gasteiger charge is 2.30. The Hall–Kier alpha value is -4.33. The smallest absolute Gasteiger partial charge is 0.238 e. The first-order valence-electron chi connectivity index (χ1n) is 13.5. The summed E-state index contributed by atoms with van der Waals surface area (Å²) in [5, 5.41) is 12.8. The predicted molar refractivity (Wildman–Crippen MR) is 167 cm³/mol. The highest BCUT2D eigenvalue weighted by Crippen LogP contribution is 2.45. The molecule has 0 amide bonds. The third kappa shape index (κ3) is 5.64. The van der Waals surface area contributed by atoms with Crippen molar-refractivity contribution in [1.29, 1.82) is 0 Å². The molecule has 0 aromatic heterocycles. The molecule has 210 valence electrons. The quantitative estimate of drug-likeness (QED) is 0.264. The predicted octanol–water partition coefficient (Wildman–Crippen LogP) is 7.17.